The van der Waals surface area contributed by atoms with E-state index in [1.807, 2.05) is 36.4 Å². The fraction of sp³-hybridized carbons (Fsp3) is 0.400. The number of imide groups is 2. The standard InChI is InChI=1S/C30H28Cl2N2O7/c1-33-27(38)29(31)13-19-17(9-10-18-22(19)26(37)34(25(18)36)14-15-7-5-4-6-8-15)24(30(29,32)28(33)39)23-20(35)11-16(40-2)12-21(23)41-3/h4-9,11-12,18-19,22,24,35H,10,13-14H2,1-3H3/t18-,19+,22-,24+,29+,30-/m0/s1. The minimum Gasteiger partial charge on any atom is -0.507 e. The van der Waals surface area contributed by atoms with Crippen LogP contribution in [0.15, 0.2) is 54.1 Å². The number of phenolic OH excluding ortho intramolecular Hbond substituents is 1. The second-order valence-electron chi connectivity index (χ2n) is 11.0. The average Bonchev–Trinajstić information content (AvgIpc) is 3.28. The summed E-state index contributed by atoms with van der Waals surface area (Å²) in [5, 5.41) is 11.3. The van der Waals surface area contributed by atoms with Crippen molar-refractivity contribution in [1.82, 2.24) is 9.80 Å². The summed E-state index contributed by atoms with van der Waals surface area (Å²) in [6, 6.07) is 12.1. The number of rotatable bonds is 5. The smallest absolute Gasteiger partial charge is 0.253 e. The zero-order valence-corrected chi connectivity index (χ0v) is 24.1. The molecule has 11 heteroatoms. The first-order chi connectivity index (χ1) is 19.5. The van der Waals surface area contributed by atoms with Crippen LogP contribution >= 0.6 is 23.2 Å². The first-order valence-corrected chi connectivity index (χ1v) is 14.0. The summed E-state index contributed by atoms with van der Waals surface area (Å²) >= 11 is 14.4. The van der Waals surface area contributed by atoms with Gasteiger partial charge in [-0.25, -0.2) is 0 Å². The summed E-state index contributed by atoms with van der Waals surface area (Å²) in [5.74, 6) is -5.19. The van der Waals surface area contributed by atoms with Gasteiger partial charge in [-0.3, -0.25) is 29.0 Å². The zero-order chi connectivity index (χ0) is 29.4. The van der Waals surface area contributed by atoms with E-state index in [1.165, 1.54) is 38.3 Å². The minimum atomic E-state index is -2.04. The molecule has 0 spiro atoms. The number of hydrogen-bond acceptors (Lipinski definition) is 7. The molecule has 2 aliphatic carbocycles. The number of alkyl halides is 2. The van der Waals surface area contributed by atoms with Gasteiger partial charge in [-0.05, 0) is 24.3 Å². The van der Waals surface area contributed by atoms with Crippen molar-refractivity contribution in [2.45, 2.75) is 35.1 Å². The molecular weight excluding hydrogens is 571 g/mol. The quantitative estimate of drug-likeness (QED) is 0.318. The number of methoxy groups -OCH3 is 2. The lowest BCUT2D eigenvalue weighted by Gasteiger charge is -2.51. The van der Waals surface area contributed by atoms with E-state index < -0.39 is 45.2 Å². The number of fused-ring (bicyclic) bond motifs is 4. The molecular formula is C30H28Cl2N2O7. The number of halogens is 2. The van der Waals surface area contributed by atoms with E-state index in [-0.39, 0.29) is 48.3 Å². The van der Waals surface area contributed by atoms with E-state index in [2.05, 4.69) is 0 Å². The van der Waals surface area contributed by atoms with Crippen LogP contribution in [0.25, 0.3) is 0 Å². The number of allylic oxidation sites excluding steroid dienone is 2. The van der Waals surface area contributed by atoms with E-state index in [1.54, 1.807) is 0 Å². The highest BCUT2D eigenvalue weighted by molar-refractivity contribution is 6.53. The van der Waals surface area contributed by atoms with Gasteiger partial charge >= 0.3 is 0 Å². The van der Waals surface area contributed by atoms with Gasteiger partial charge in [0.2, 0.25) is 11.8 Å². The predicted octanol–water partition coefficient (Wildman–Crippen LogP) is 3.60. The molecule has 0 aromatic heterocycles. The maximum atomic E-state index is 14.0. The molecule has 0 radical (unpaired) electrons. The monoisotopic (exact) mass is 598 g/mol. The Bertz CT molecular complexity index is 1530. The topological polar surface area (TPSA) is 113 Å². The van der Waals surface area contributed by atoms with Crippen molar-refractivity contribution in [2.75, 3.05) is 21.3 Å². The fourth-order valence-corrected chi connectivity index (χ4v) is 8.22. The van der Waals surface area contributed by atoms with Crippen LogP contribution in [0.1, 0.15) is 29.9 Å². The second kappa shape index (κ2) is 9.49. The Hall–Kier alpha value is -3.56. The van der Waals surface area contributed by atoms with Gasteiger partial charge in [-0.2, -0.15) is 0 Å². The molecule has 4 amide bonds. The van der Waals surface area contributed by atoms with E-state index in [0.717, 1.165) is 10.5 Å². The number of benzene rings is 2. The van der Waals surface area contributed by atoms with Crippen molar-refractivity contribution in [2.24, 2.45) is 17.8 Å². The van der Waals surface area contributed by atoms with Crippen molar-refractivity contribution >= 4 is 46.8 Å². The van der Waals surface area contributed by atoms with Crippen molar-refractivity contribution < 1.29 is 33.8 Å². The summed E-state index contributed by atoms with van der Waals surface area (Å²) in [6.45, 7) is 0.121. The Morgan fingerprint density at radius 3 is 2.34 bits per heavy atom. The fourth-order valence-electron chi connectivity index (χ4n) is 7.21. The molecule has 1 N–H and O–H groups in total. The molecule has 3 fully saturated rings. The number of carbonyl (C=O) groups is 4. The number of amides is 4. The molecule has 0 bridgehead atoms. The van der Waals surface area contributed by atoms with Crippen molar-refractivity contribution in [3.63, 3.8) is 0 Å². The molecule has 2 aromatic carbocycles. The van der Waals surface area contributed by atoms with Gasteiger partial charge in [0.25, 0.3) is 11.8 Å². The minimum absolute atomic E-state index is 0.121. The van der Waals surface area contributed by atoms with Crippen LogP contribution in [0, 0.1) is 17.8 Å². The van der Waals surface area contributed by atoms with E-state index in [4.69, 9.17) is 32.7 Å². The SMILES string of the molecule is COc1cc(O)c([C@H]2C3=CC[C@@H]4C(=O)N(Cc5ccccc5)C(=O)[C@@H]4[C@@H]3C[C@@]3(Cl)C(=O)N(C)C(=O)[C@@]23Cl)c(OC)c1. The molecule has 2 aliphatic heterocycles. The maximum absolute atomic E-state index is 14.0. The number of nitrogens with zero attached hydrogens (tertiary/aromatic N) is 2. The van der Waals surface area contributed by atoms with Gasteiger partial charge in [0.05, 0.1) is 32.6 Å². The third-order valence-electron chi connectivity index (χ3n) is 9.13. The molecule has 4 aliphatic rings. The molecule has 2 heterocycles. The van der Waals surface area contributed by atoms with Crippen molar-refractivity contribution in [1.29, 1.82) is 0 Å². The predicted molar refractivity (Wildman–Crippen MR) is 149 cm³/mol. The van der Waals surface area contributed by atoms with Gasteiger partial charge in [-0.1, -0.05) is 42.0 Å². The van der Waals surface area contributed by atoms with Crippen LogP contribution in [0.4, 0.5) is 0 Å². The Labute approximate surface area is 246 Å². The van der Waals surface area contributed by atoms with Crippen LogP contribution in [-0.2, 0) is 25.7 Å². The first kappa shape index (κ1) is 27.6. The normalized spacial score (nSPS) is 32.5. The van der Waals surface area contributed by atoms with Crippen molar-refractivity contribution in [3.8, 4) is 17.2 Å². The Morgan fingerprint density at radius 2 is 1.68 bits per heavy atom. The molecule has 9 nitrogen and oxygen atoms in total. The van der Waals surface area contributed by atoms with Gasteiger partial charge < -0.3 is 14.6 Å². The van der Waals surface area contributed by atoms with Crippen LogP contribution in [-0.4, -0.2) is 69.6 Å². The summed E-state index contributed by atoms with van der Waals surface area (Å²) in [5.41, 5.74) is 1.52. The van der Waals surface area contributed by atoms with Crippen LogP contribution in [0.5, 0.6) is 17.2 Å². The number of aromatic hydroxyl groups is 1. The number of hydrogen-bond donors (Lipinski definition) is 1. The Kier molecular flexibility index (Phi) is 6.39. The molecule has 2 aromatic rings. The van der Waals surface area contributed by atoms with Gasteiger partial charge in [0, 0.05) is 30.7 Å². The average molecular weight is 599 g/mol. The highest BCUT2D eigenvalue weighted by atomic mass is 35.5. The number of ether oxygens (including phenoxy) is 2. The van der Waals surface area contributed by atoms with Crippen molar-refractivity contribution in [3.05, 3.63) is 65.2 Å². The summed E-state index contributed by atoms with van der Waals surface area (Å²) < 4.78 is 10.9. The van der Waals surface area contributed by atoms with Gasteiger partial charge in [-0.15, -0.1) is 23.2 Å². The summed E-state index contributed by atoms with van der Waals surface area (Å²) in [7, 11) is 4.14. The molecule has 2 saturated heterocycles. The van der Waals surface area contributed by atoms with Gasteiger partial charge in [0.15, 0.2) is 9.75 Å². The van der Waals surface area contributed by atoms with Crippen LogP contribution in [0.2, 0.25) is 0 Å². The third-order valence-corrected chi connectivity index (χ3v) is 10.5. The van der Waals surface area contributed by atoms with E-state index in [0.29, 0.717) is 11.3 Å². The lowest BCUT2D eigenvalue weighted by molar-refractivity contribution is -0.141. The summed E-state index contributed by atoms with van der Waals surface area (Å²) in [4.78, 5) is 53.0. The third kappa shape index (κ3) is 3.61. The number of likely N-dealkylation sites (tertiary alicyclic amines) is 2. The first-order valence-electron chi connectivity index (χ1n) is 13.2. The molecule has 6 atom stereocenters. The Balaban J connectivity index is 1.52. The molecule has 0 unspecified atom stereocenters. The second-order valence-corrected chi connectivity index (χ2v) is 12.3. The maximum Gasteiger partial charge on any atom is 0.253 e. The molecule has 1 saturated carbocycles. The highest BCUT2D eigenvalue weighted by Crippen LogP contribution is 2.67. The number of phenols is 1. The van der Waals surface area contributed by atoms with Crippen LogP contribution < -0.4 is 9.47 Å². The summed E-state index contributed by atoms with van der Waals surface area (Å²) in [6.07, 6.45) is 1.91. The Morgan fingerprint density at radius 1 is 0.976 bits per heavy atom. The molecule has 6 rings (SSSR count). The number of carbonyl (C=O) groups excluding carboxylic acids is 4. The van der Waals surface area contributed by atoms with E-state index in [9.17, 15) is 24.3 Å². The molecule has 214 valence electrons. The van der Waals surface area contributed by atoms with Crippen LogP contribution in [0.3, 0.4) is 0 Å². The van der Waals surface area contributed by atoms with Gasteiger partial charge in [0.1, 0.15) is 17.2 Å². The zero-order valence-electron chi connectivity index (χ0n) is 22.6. The highest BCUT2D eigenvalue weighted by Gasteiger charge is 2.76. The largest absolute Gasteiger partial charge is 0.507 e. The lowest BCUT2D eigenvalue weighted by atomic mass is 9.56. The lowest BCUT2D eigenvalue weighted by Crippen LogP contribution is -2.60. The van der Waals surface area contributed by atoms with E-state index >= 15 is 0 Å². The molecule has 41 heavy (non-hydrogen) atoms.